The van der Waals surface area contributed by atoms with E-state index in [9.17, 15) is 0 Å². The van der Waals surface area contributed by atoms with Crippen molar-refractivity contribution in [3.8, 4) is 6.07 Å². The van der Waals surface area contributed by atoms with Crippen molar-refractivity contribution >= 4 is 22.9 Å². The Kier molecular flexibility index (Phi) is 1.48. The van der Waals surface area contributed by atoms with Crippen LogP contribution in [-0.4, -0.2) is 7.76 Å². The molecule has 0 N–H and O–H groups in total. The molecule has 0 spiro atoms. The summed E-state index contributed by atoms with van der Waals surface area (Å²) < 4.78 is 1.64. The van der Waals surface area contributed by atoms with E-state index in [0.29, 0.717) is 5.82 Å². The normalized spacial score (nSPS) is 8.50. The van der Waals surface area contributed by atoms with Gasteiger partial charge in [-0.2, -0.15) is 5.26 Å². The molecule has 1 rings (SSSR count). The van der Waals surface area contributed by atoms with Crippen LogP contribution < -0.4 is 0 Å². The largest absolute Gasteiger partial charge is 0.264 e. The maximum absolute atomic E-state index is 8.27. The number of imidazole rings is 1. The van der Waals surface area contributed by atoms with Crippen molar-refractivity contribution < 1.29 is 0 Å². The zero-order valence-corrected chi connectivity index (χ0v) is 6.03. The number of halogens is 1. The first-order chi connectivity index (χ1) is 3.84. The van der Waals surface area contributed by atoms with Gasteiger partial charge in [0.15, 0.2) is 0 Å². The van der Waals surface area contributed by atoms with Crippen molar-refractivity contribution in [1.29, 1.82) is 5.26 Å². The number of aromatic nitrogens is 2. The highest BCUT2D eigenvalue weighted by Gasteiger charge is 1.92. The molecule has 4 heteroatoms. The lowest BCUT2D eigenvalue weighted by atomic mass is 10.7. The smallest absolute Gasteiger partial charge is 0.221 e. The van der Waals surface area contributed by atoms with Crippen LogP contribution in [-0.2, 0) is 0 Å². The maximum Gasteiger partial charge on any atom is 0.221 e. The molecule has 40 valence electrons. The quantitative estimate of drug-likeness (QED) is 0.609. The molecule has 0 aliphatic carbocycles. The zero-order valence-electron chi connectivity index (χ0n) is 3.87. The number of nitriles is 1. The summed E-state index contributed by atoms with van der Waals surface area (Å²) in [6.45, 7) is 0. The van der Waals surface area contributed by atoms with Gasteiger partial charge < -0.3 is 0 Å². The van der Waals surface area contributed by atoms with Gasteiger partial charge in [0.1, 0.15) is 6.07 Å². The summed E-state index contributed by atoms with van der Waals surface area (Å²) in [4.78, 5) is 3.73. The molecule has 0 aliphatic rings. The summed E-state index contributed by atoms with van der Waals surface area (Å²) in [5, 5.41) is 8.27. The fourth-order valence-electron chi connectivity index (χ4n) is 0.365. The van der Waals surface area contributed by atoms with Crippen LogP contribution in [0.1, 0.15) is 5.82 Å². The highest BCUT2D eigenvalue weighted by molar-refractivity contribution is 14.1. The van der Waals surface area contributed by atoms with Gasteiger partial charge in [-0.25, -0.2) is 4.98 Å². The van der Waals surface area contributed by atoms with Gasteiger partial charge in [-0.1, -0.05) is 0 Å². The Morgan fingerprint density at radius 2 is 2.62 bits per heavy atom. The molecule has 0 amide bonds. The number of rotatable bonds is 0. The van der Waals surface area contributed by atoms with Crippen LogP contribution in [0, 0.1) is 11.3 Å². The van der Waals surface area contributed by atoms with Crippen molar-refractivity contribution in [2.75, 3.05) is 0 Å². The van der Waals surface area contributed by atoms with E-state index in [4.69, 9.17) is 5.26 Å². The predicted molar refractivity (Wildman–Crippen MR) is 36.4 cm³/mol. The monoisotopic (exact) mass is 219 g/mol. The molecule has 3 nitrogen and oxygen atoms in total. The minimum atomic E-state index is 0.436. The van der Waals surface area contributed by atoms with Crippen molar-refractivity contribution in [3.05, 3.63) is 18.2 Å². The lowest BCUT2D eigenvalue weighted by molar-refractivity contribution is 1.20. The van der Waals surface area contributed by atoms with Crippen LogP contribution in [0.2, 0.25) is 0 Å². The molecule has 1 heterocycles. The molecule has 1 aromatic rings. The second-order valence-electron chi connectivity index (χ2n) is 1.17. The van der Waals surface area contributed by atoms with Crippen LogP contribution >= 0.6 is 22.9 Å². The van der Waals surface area contributed by atoms with Gasteiger partial charge in [0.2, 0.25) is 5.82 Å². The molecule has 0 atom stereocenters. The van der Waals surface area contributed by atoms with Gasteiger partial charge in [-0.3, -0.25) is 2.78 Å². The fourth-order valence-corrected chi connectivity index (χ4v) is 0.741. The molecular formula is C4H2IN3. The molecule has 0 bridgehead atoms. The summed E-state index contributed by atoms with van der Waals surface area (Å²) in [7, 11) is 0. The Morgan fingerprint density at radius 1 is 1.88 bits per heavy atom. The van der Waals surface area contributed by atoms with Crippen LogP contribution in [0.5, 0.6) is 0 Å². The van der Waals surface area contributed by atoms with Crippen LogP contribution in [0.25, 0.3) is 0 Å². The minimum absolute atomic E-state index is 0.436. The fraction of sp³-hybridized carbons (Fsp3) is 0. The molecule has 8 heavy (non-hydrogen) atoms. The van der Waals surface area contributed by atoms with E-state index in [1.54, 1.807) is 15.2 Å². The Labute approximate surface area is 60.4 Å². The summed E-state index contributed by atoms with van der Waals surface area (Å²) in [5.74, 6) is 0.436. The van der Waals surface area contributed by atoms with Gasteiger partial charge >= 0.3 is 0 Å². The standard InChI is InChI=1S/C4H2IN3/c5-8-2-1-7-4(8)3-6/h1-2H. The third-order valence-electron chi connectivity index (χ3n) is 0.697. The van der Waals surface area contributed by atoms with Gasteiger partial charge in [0.25, 0.3) is 0 Å². The second-order valence-corrected chi connectivity index (χ2v) is 2.21. The summed E-state index contributed by atoms with van der Waals surface area (Å²) in [6.07, 6.45) is 3.31. The molecule has 0 unspecified atom stereocenters. The molecule has 0 radical (unpaired) electrons. The maximum atomic E-state index is 8.27. The van der Waals surface area contributed by atoms with Gasteiger partial charge in [0.05, 0.1) is 22.9 Å². The first-order valence-corrected chi connectivity index (χ1v) is 2.90. The Morgan fingerprint density at radius 3 is 2.88 bits per heavy atom. The molecule has 1 aromatic heterocycles. The van der Waals surface area contributed by atoms with Crippen molar-refractivity contribution in [2.24, 2.45) is 0 Å². The lowest BCUT2D eigenvalue weighted by Gasteiger charge is -1.81. The van der Waals surface area contributed by atoms with Crippen LogP contribution in [0.4, 0.5) is 0 Å². The molecule has 0 aromatic carbocycles. The SMILES string of the molecule is N#Cc1nccn1I. The Hall–Kier alpha value is -0.570. The van der Waals surface area contributed by atoms with Gasteiger partial charge in [-0.15, -0.1) is 0 Å². The van der Waals surface area contributed by atoms with E-state index in [0.717, 1.165) is 0 Å². The van der Waals surface area contributed by atoms with Gasteiger partial charge in [-0.05, 0) is 0 Å². The first kappa shape index (κ1) is 5.56. The second kappa shape index (κ2) is 2.13. The van der Waals surface area contributed by atoms with E-state index < -0.39 is 0 Å². The number of hydrogen-bond donors (Lipinski definition) is 0. The lowest BCUT2D eigenvalue weighted by Crippen LogP contribution is -1.80. The minimum Gasteiger partial charge on any atom is -0.264 e. The summed E-state index contributed by atoms with van der Waals surface area (Å²) in [5.41, 5.74) is 0. The van der Waals surface area contributed by atoms with E-state index in [-0.39, 0.29) is 0 Å². The average molecular weight is 219 g/mol. The predicted octanol–water partition coefficient (Wildman–Crippen LogP) is 0.953. The van der Waals surface area contributed by atoms with Crippen LogP contribution in [0.3, 0.4) is 0 Å². The number of hydrogen-bond acceptors (Lipinski definition) is 2. The highest BCUT2D eigenvalue weighted by Crippen LogP contribution is 1.98. The summed E-state index contributed by atoms with van der Waals surface area (Å²) in [6, 6.07) is 1.92. The van der Waals surface area contributed by atoms with Crippen molar-refractivity contribution in [3.63, 3.8) is 0 Å². The van der Waals surface area contributed by atoms with Gasteiger partial charge in [0, 0.05) is 12.4 Å². The van der Waals surface area contributed by atoms with E-state index in [2.05, 4.69) is 4.98 Å². The van der Waals surface area contributed by atoms with E-state index in [1.807, 2.05) is 28.9 Å². The Bertz CT molecular complexity index is 221. The molecular weight excluding hydrogens is 217 g/mol. The average Bonchev–Trinajstić information content (AvgIpc) is 2.14. The van der Waals surface area contributed by atoms with E-state index >= 15 is 0 Å². The van der Waals surface area contributed by atoms with Crippen molar-refractivity contribution in [1.82, 2.24) is 7.76 Å². The topological polar surface area (TPSA) is 41.6 Å². The van der Waals surface area contributed by atoms with Crippen molar-refractivity contribution in [2.45, 2.75) is 0 Å². The Balaban J connectivity index is 3.15. The first-order valence-electron chi connectivity index (χ1n) is 1.94. The zero-order chi connectivity index (χ0) is 5.98. The molecule has 0 saturated carbocycles. The molecule has 0 aliphatic heterocycles. The van der Waals surface area contributed by atoms with E-state index in [1.165, 1.54) is 0 Å². The molecule has 0 saturated heterocycles. The molecule has 0 fully saturated rings. The summed E-state index contributed by atoms with van der Waals surface area (Å²) >= 11 is 1.99. The third kappa shape index (κ3) is 0.816. The third-order valence-corrected chi connectivity index (χ3v) is 1.48. The van der Waals surface area contributed by atoms with Crippen LogP contribution in [0.15, 0.2) is 12.4 Å². The number of nitrogens with zero attached hydrogens (tertiary/aromatic N) is 3. The highest BCUT2D eigenvalue weighted by atomic mass is 127.